The fourth-order valence-electron chi connectivity index (χ4n) is 1.02. The molecule has 0 aliphatic rings. The Morgan fingerprint density at radius 3 is 2.20 bits per heavy atom. The van der Waals surface area contributed by atoms with Crippen LogP contribution >= 0.6 is 0 Å². The van der Waals surface area contributed by atoms with E-state index in [1.165, 1.54) is 0 Å². The third-order valence-corrected chi connectivity index (χ3v) is 2.60. The topological polar surface area (TPSA) is 155 Å². The minimum atomic E-state index is -4.12. The lowest BCUT2D eigenvalue weighted by atomic mass is 10.2. The highest BCUT2D eigenvalue weighted by molar-refractivity contribution is 7.89. The molecule has 0 atom stereocenters. The average Bonchev–Trinajstić information content (AvgIpc) is 2.06. The van der Waals surface area contributed by atoms with E-state index in [4.69, 9.17) is 16.6 Å². The van der Waals surface area contributed by atoms with Crippen molar-refractivity contribution in [1.82, 2.24) is 0 Å². The molecule has 1 rings (SSSR count). The second-order valence-corrected chi connectivity index (χ2v) is 4.28. The second-order valence-electron chi connectivity index (χ2n) is 2.75. The summed E-state index contributed by atoms with van der Waals surface area (Å²) in [5.74, 6) is 0. The predicted octanol–water partition coefficient (Wildman–Crippen LogP) is -0.593. The molecule has 0 unspecified atom stereocenters. The Labute approximate surface area is 84.9 Å². The molecule has 82 valence electrons. The van der Waals surface area contributed by atoms with Crippen molar-refractivity contribution >= 4 is 27.1 Å². The van der Waals surface area contributed by atoms with Crippen LogP contribution in [0.2, 0.25) is 0 Å². The summed E-state index contributed by atoms with van der Waals surface area (Å²) in [6, 6.07) is 1.93. The summed E-state index contributed by atoms with van der Waals surface area (Å²) in [4.78, 5) is 9.11. The number of nitrogens with two attached hydrogens (primary N) is 3. The Morgan fingerprint density at radius 2 is 1.80 bits per heavy atom. The van der Waals surface area contributed by atoms with E-state index in [0.29, 0.717) is 0 Å². The number of nitrogen functional groups attached to an aromatic ring is 2. The summed E-state index contributed by atoms with van der Waals surface area (Å²) in [7, 11) is -4.12. The van der Waals surface area contributed by atoms with E-state index < -0.39 is 31.2 Å². The molecule has 0 saturated heterocycles. The van der Waals surface area contributed by atoms with Gasteiger partial charge in [0.1, 0.15) is 10.6 Å². The van der Waals surface area contributed by atoms with E-state index >= 15 is 0 Å². The first-order valence-corrected chi connectivity index (χ1v) is 5.14. The van der Waals surface area contributed by atoms with Crippen LogP contribution in [0.25, 0.3) is 0 Å². The molecule has 0 radical (unpaired) electrons. The Hall–Kier alpha value is -1.87. The molecule has 0 aliphatic carbocycles. The van der Waals surface area contributed by atoms with E-state index in [1.807, 2.05) is 0 Å². The van der Waals surface area contributed by atoms with Gasteiger partial charge in [-0.2, -0.15) is 0 Å². The maximum atomic E-state index is 11.0. The Balaban J connectivity index is 3.63. The molecule has 15 heavy (non-hydrogen) atoms. The van der Waals surface area contributed by atoms with Gasteiger partial charge in [-0.3, -0.25) is 10.1 Å². The van der Waals surface area contributed by atoms with Gasteiger partial charge in [-0.05, 0) is 6.07 Å². The maximum Gasteiger partial charge on any atom is 0.295 e. The van der Waals surface area contributed by atoms with Crippen molar-refractivity contribution in [3.05, 3.63) is 22.2 Å². The van der Waals surface area contributed by atoms with Gasteiger partial charge < -0.3 is 11.5 Å². The highest BCUT2D eigenvalue weighted by Gasteiger charge is 2.22. The normalized spacial score (nSPS) is 11.3. The van der Waals surface area contributed by atoms with Crippen molar-refractivity contribution in [3.8, 4) is 0 Å². The minimum absolute atomic E-state index is 0.0973. The summed E-state index contributed by atoms with van der Waals surface area (Å²) in [6.45, 7) is 0. The smallest absolute Gasteiger partial charge is 0.295 e. The van der Waals surface area contributed by atoms with Gasteiger partial charge in [-0.1, -0.05) is 0 Å². The van der Waals surface area contributed by atoms with E-state index in [0.717, 1.165) is 12.1 Å². The first-order chi connectivity index (χ1) is 6.73. The van der Waals surface area contributed by atoms with Crippen LogP contribution in [-0.4, -0.2) is 13.3 Å². The number of rotatable bonds is 2. The van der Waals surface area contributed by atoms with E-state index in [1.54, 1.807) is 0 Å². The van der Waals surface area contributed by atoms with Crippen LogP contribution in [0.3, 0.4) is 0 Å². The first-order valence-electron chi connectivity index (χ1n) is 3.59. The molecule has 0 aromatic heterocycles. The molecule has 0 saturated carbocycles. The molecule has 8 nitrogen and oxygen atoms in total. The third-order valence-electron chi connectivity index (χ3n) is 1.65. The second kappa shape index (κ2) is 3.37. The molecule has 9 heteroatoms. The van der Waals surface area contributed by atoms with Crippen LogP contribution in [-0.2, 0) is 10.0 Å². The standard InChI is InChI=1S/C6H8N4O4S/c7-3-1-4(10(11)12)6(8)5(2-3)15(9,13)14/h1-2H,7-8H2,(H2,9,13,14). The van der Waals surface area contributed by atoms with Gasteiger partial charge in [-0.15, -0.1) is 0 Å². The summed E-state index contributed by atoms with van der Waals surface area (Å²) in [5.41, 5.74) is 9.37. The Bertz CT molecular complexity index is 524. The number of benzene rings is 1. The van der Waals surface area contributed by atoms with Gasteiger partial charge in [0.05, 0.1) is 4.92 Å². The van der Waals surface area contributed by atoms with Crippen molar-refractivity contribution in [2.24, 2.45) is 5.14 Å². The number of primary sulfonamides is 1. The molecular formula is C6H8N4O4S. The lowest BCUT2D eigenvalue weighted by Gasteiger charge is -2.04. The Morgan fingerprint density at radius 1 is 1.27 bits per heavy atom. The molecule has 0 aliphatic heterocycles. The zero-order chi connectivity index (χ0) is 11.8. The van der Waals surface area contributed by atoms with Gasteiger partial charge >= 0.3 is 0 Å². The molecule has 1 aromatic carbocycles. The van der Waals surface area contributed by atoms with Gasteiger partial charge in [0.15, 0.2) is 0 Å². The number of anilines is 2. The largest absolute Gasteiger partial charge is 0.398 e. The highest BCUT2D eigenvalue weighted by atomic mass is 32.2. The Kier molecular flexibility index (Phi) is 2.51. The fourth-order valence-corrected chi connectivity index (χ4v) is 1.73. The molecule has 0 bridgehead atoms. The number of hydrogen-bond acceptors (Lipinski definition) is 6. The number of hydrogen-bond donors (Lipinski definition) is 3. The SMILES string of the molecule is Nc1cc([N+](=O)[O-])c(N)c(S(N)(=O)=O)c1. The summed E-state index contributed by atoms with van der Waals surface area (Å²) < 4.78 is 22.0. The minimum Gasteiger partial charge on any atom is -0.398 e. The van der Waals surface area contributed by atoms with Gasteiger partial charge in [0.2, 0.25) is 10.0 Å². The summed E-state index contributed by atoms with van der Waals surface area (Å²) >= 11 is 0. The van der Waals surface area contributed by atoms with Crippen LogP contribution in [0.4, 0.5) is 17.1 Å². The van der Waals surface area contributed by atoms with Gasteiger partial charge in [-0.25, -0.2) is 13.6 Å². The van der Waals surface area contributed by atoms with Crippen LogP contribution in [0.15, 0.2) is 17.0 Å². The average molecular weight is 232 g/mol. The quantitative estimate of drug-likeness (QED) is 0.351. The van der Waals surface area contributed by atoms with Crippen LogP contribution in [0, 0.1) is 10.1 Å². The van der Waals surface area contributed by atoms with Gasteiger partial charge in [0.25, 0.3) is 5.69 Å². The molecule has 0 fully saturated rings. The van der Waals surface area contributed by atoms with Crippen LogP contribution < -0.4 is 16.6 Å². The van der Waals surface area contributed by atoms with Crippen molar-refractivity contribution in [3.63, 3.8) is 0 Å². The predicted molar refractivity (Wildman–Crippen MR) is 53.3 cm³/mol. The van der Waals surface area contributed by atoms with Crippen molar-refractivity contribution in [2.75, 3.05) is 11.5 Å². The lowest BCUT2D eigenvalue weighted by molar-refractivity contribution is -0.384. The first kappa shape index (κ1) is 11.2. The van der Waals surface area contributed by atoms with Gasteiger partial charge in [0, 0.05) is 11.8 Å². The summed E-state index contributed by atoms with van der Waals surface area (Å²) in [5, 5.41) is 15.3. The lowest BCUT2D eigenvalue weighted by Crippen LogP contribution is -2.15. The van der Waals surface area contributed by atoms with Crippen LogP contribution in [0.5, 0.6) is 0 Å². The van der Waals surface area contributed by atoms with E-state index in [9.17, 15) is 18.5 Å². The summed E-state index contributed by atoms with van der Waals surface area (Å²) in [6.07, 6.45) is 0. The van der Waals surface area contributed by atoms with Crippen molar-refractivity contribution < 1.29 is 13.3 Å². The van der Waals surface area contributed by atoms with Crippen LogP contribution in [0.1, 0.15) is 0 Å². The zero-order valence-corrected chi connectivity index (χ0v) is 8.19. The number of sulfonamides is 1. The fraction of sp³-hybridized carbons (Fsp3) is 0. The van der Waals surface area contributed by atoms with Crippen molar-refractivity contribution in [2.45, 2.75) is 4.90 Å². The molecule has 0 spiro atoms. The maximum absolute atomic E-state index is 11.0. The highest BCUT2D eigenvalue weighted by Crippen LogP contribution is 2.30. The monoisotopic (exact) mass is 232 g/mol. The number of nitro benzene ring substituents is 1. The van der Waals surface area contributed by atoms with E-state index in [2.05, 4.69) is 0 Å². The molecule has 6 N–H and O–H groups in total. The molecular weight excluding hydrogens is 224 g/mol. The molecule has 1 aromatic rings. The number of nitro groups is 1. The van der Waals surface area contributed by atoms with Crippen molar-refractivity contribution in [1.29, 1.82) is 0 Å². The zero-order valence-electron chi connectivity index (χ0n) is 7.38. The number of nitrogens with zero attached hydrogens (tertiary/aromatic N) is 1. The van der Waals surface area contributed by atoms with E-state index in [-0.39, 0.29) is 5.69 Å². The molecule has 0 amide bonds. The molecule has 0 heterocycles. The third kappa shape index (κ3) is 2.14.